The van der Waals surface area contributed by atoms with Crippen LogP contribution in [-0.4, -0.2) is 16.5 Å². The minimum absolute atomic E-state index is 0.176. The van der Waals surface area contributed by atoms with Crippen molar-refractivity contribution in [2.24, 2.45) is 0 Å². The molecule has 1 amide bonds. The number of amides is 1. The Morgan fingerprint density at radius 3 is 2.56 bits per heavy atom. The van der Waals surface area contributed by atoms with E-state index >= 15 is 0 Å². The number of hydrogen-bond donors (Lipinski definition) is 1. The van der Waals surface area contributed by atoms with Crippen molar-refractivity contribution in [1.29, 1.82) is 0 Å². The van der Waals surface area contributed by atoms with Gasteiger partial charge in [-0.25, -0.2) is 0 Å². The van der Waals surface area contributed by atoms with Crippen LogP contribution in [0.15, 0.2) is 0 Å². The van der Waals surface area contributed by atoms with Gasteiger partial charge in [-0.05, 0) is 12.8 Å². The van der Waals surface area contributed by atoms with Gasteiger partial charge in [-0.2, -0.15) is 0 Å². The second-order valence-corrected chi connectivity index (χ2v) is 4.22. The van der Waals surface area contributed by atoms with Crippen molar-refractivity contribution in [3.8, 4) is 0 Å². The Hall–Kier alpha value is -0.180. The molecule has 1 aliphatic carbocycles. The second-order valence-electron chi connectivity index (χ2n) is 2.78. The Balaban J connectivity index is 2.07. The van der Waals surface area contributed by atoms with Gasteiger partial charge in [0.15, 0.2) is 0 Å². The highest BCUT2D eigenvalue weighted by molar-refractivity contribution is 8.15. The van der Waals surface area contributed by atoms with Crippen LogP contribution in [0.2, 0.25) is 0 Å². The van der Waals surface area contributed by atoms with E-state index in [1.165, 1.54) is 31.0 Å². The van der Waals surface area contributed by atoms with Crippen molar-refractivity contribution >= 4 is 17.0 Å². The van der Waals surface area contributed by atoms with Crippen LogP contribution < -0.4 is 5.32 Å². The molecule has 1 spiro atoms. The summed E-state index contributed by atoms with van der Waals surface area (Å²) in [7, 11) is 0. The van der Waals surface area contributed by atoms with Crippen molar-refractivity contribution in [2.45, 2.75) is 24.0 Å². The van der Waals surface area contributed by atoms with Gasteiger partial charge in [0.2, 0.25) is 0 Å². The van der Waals surface area contributed by atoms with Gasteiger partial charge >= 0.3 is 0 Å². The van der Waals surface area contributed by atoms with E-state index in [0.29, 0.717) is 4.75 Å². The number of thioether (sulfide) groups is 1. The van der Waals surface area contributed by atoms with E-state index in [4.69, 9.17) is 0 Å². The van der Waals surface area contributed by atoms with E-state index in [0.717, 1.165) is 6.54 Å². The van der Waals surface area contributed by atoms with Crippen LogP contribution in [-0.2, 0) is 0 Å². The first kappa shape index (κ1) is 5.59. The molecule has 0 aromatic rings. The summed E-state index contributed by atoms with van der Waals surface area (Å²) < 4.78 is 0.344. The molecule has 50 valence electrons. The van der Waals surface area contributed by atoms with Crippen molar-refractivity contribution in [1.82, 2.24) is 5.32 Å². The molecule has 0 radical (unpaired) electrons. The Kier molecular flexibility index (Phi) is 1.03. The van der Waals surface area contributed by atoms with Gasteiger partial charge in [-0.1, -0.05) is 18.2 Å². The lowest BCUT2D eigenvalue weighted by Crippen LogP contribution is -2.36. The lowest BCUT2D eigenvalue weighted by Gasteiger charge is -2.34. The molecule has 2 rings (SSSR count). The maximum Gasteiger partial charge on any atom is 0.279 e. The first-order valence-corrected chi connectivity index (χ1v) is 4.09. The van der Waals surface area contributed by atoms with E-state index in [9.17, 15) is 4.79 Å². The van der Waals surface area contributed by atoms with Crippen LogP contribution in [0.25, 0.3) is 0 Å². The Bertz CT molecular complexity index is 153. The van der Waals surface area contributed by atoms with Gasteiger partial charge in [-0.3, -0.25) is 4.79 Å². The first-order chi connectivity index (χ1) is 4.31. The van der Waals surface area contributed by atoms with Gasteiger partial charge in [0.1, 0.15) is 0 Å². The largest absolute Gasteiger partial charge is 0.346 e. The molecule has 0 unspecified atom stereocenters. The average molecular weight is 143 g/mol. The molecular formula is C6H9NOS. The van der Waals surface area contributed by atoms with Gasteiger partial charge in [-0.15, -0.1) is 0 Å². The number of rotatable bonds is 0. The van der Waals surface area contributed by atoms with E-state index in [1.54, 1.807) is 0 Å². The van der Waals surface area contributed by atoms with Crippen LogP contribution in [0.4, 0.5) is 4.79 Å². The highest BCUT2D eigenvalue weighted by atomic mass is 32.2. The summed E-state index contributed by atoms with van der Waals surface area (Å²) in [5, 5.41) is 3.01. The predicted octanol–water partition coefficient (Wildman–Crippen LogP) is 1.37. The molecule has 1 N–H and O–H groups in total. The number of hydrogen-bond acceptors (Lipinski definition) is 2. The van der Waals surface area contributed by atoms with Crippen molar-refractivity contribution in [2.75, 3.05) is 6.54 Å². The third-order valence-corrected chi connectivity index (χ3v) is 3.44. The molecule has 0 bridgehead atoms. The topological polar surface area (TPSA) is 29.1 Å². The highest BCUT2D eigenvalue weighted by Gasteiger charge is 2.44. The molecule has 1 saturated heterocycles. The van der Waals surface area contributed by atoms with Gasteiger partial charge in [0, 0.05) is 11.3 Å². The van der Waals surface area contributed by atoms with Crippen molar-refractivity contribution in [3.63, 3.8) is 0 Å². The summed E-state index contributed by atoms with van der Waals surface area (Å²) in [6.07, 6.45) is 3.77. The van der Waals surface area contributed by atoms with Crippen LogP contribution in [0.1, 0.15) is 19.3 Å². The fourth-order valence-electron chi connectivity index (χ4n) is 1.35. The zero-order valence-corrected chi connectivity index (χ0v) is 5.96. The van der Waals surface area contributed by atoms with Crippen molar-refractivity contribution < 1.29 is 4.79 Å². The van der Waals surface area contributed by atoms with Crippen LogP contribution in [0.3, 0.4) is 0 Å². The summed E-state index contributed by atoms with van der Waals surface area (Å²) in [5.74, 6) is 0. The van der Waals surface area contributed by atoms with Crippen molar-refractivity contribution in [3.05, 3.63) is 0 Å². The molecule has 1 heterocycles. The van der Waals surface area contributed by atoms with E-state index in [2.05, 4.69) is 5.32 Å². The van der Waals surface area contributed by atoms with Crippen LogP contribution in [0, 0.1) is 0 Å². The van der Waals surface area contributed by atoms with Crippen LogP contribution >= 0.6 is 11.8 Å². The average Bonchev–Trinajstić information content (AvgIpc) is 2.09. The summed E-state index contributed by atoms with van der Waals surface area (Å²) in [4.78, 5) is 10.7. The van der Waals surface area contributed by atoms with Crippen LogP contribution in [0.5, 0.6) is 0 Å². The summed E-state index contributed by atoms with van der Waals surface area (Å²) in [5.41, 5.74) is 0. The maximum absolute atomic E-state index is 10.7. The molecule has 1 saturated carbocycles. The molecule has 2 nitrogen and oxygen atoms in total. The standard InChI is InChI=1S/C6H9NOS/c8-5-7-4-6(9-5)2-1-3-6/h1-4H2,(H,7,8). The predicted molar refractivity (Wildman–Crippen MR) is 37.6 cm³/mol. The number of nitrogens with one attached hydrogen (secondary N) is 1. The molecule has 0 aromatic carbocycles. The van der Waals surface area contributed by atoms with Gasteiger partial charge in [0.05, 0.1) is 0 Å². The lowest BCUT2D eigenvalue weighted by molar-refractivity contribution is 0.261. The zero-order chi connectivity index (χ0) is 6.32. The molecular weight excluding hydrogens is 134 g/mol. The SMILES string of the molecule is O=C1NCC2(CCC2)S1. The van der Waals surface area contributed by atoms with E-state index in [-0.39, 0.29) is 5.24 Å². The molecule has 1 aliphatic heterocycles. The van der Waals surface area contributed by atoms with E-state index in [1.807, 2.05) is 0 Å². The fraction of sp³-hybridized carbons (Fsp3) is 0.833. The molecule has 3 heteroatoms. The van der Waals surface area contributed by atoms with E-state index < -0.39 is 0 Å². The Morgan fingerprint density at radius 1 is 1.56 bits per heavy atom. The maximum atomic E-state index is 10.7. The molecule has 9 heavy (non-hydrogen) atoms. The molecule has 0 atom stereocenters. The third-order valence-electron chi connectivity index (χ3n) is 2.13. The number of carbonyl (C=O) groups is 1. The second kappa shape index (κ2) is 1.66. The van der Waals surface area contributed by atoms with Gasteiger partial charge in [0.25, 0.3) is 5.24 Å². The summed E-state index contributed by atoms with van der Waals surface area (Å²) >= 11 is 1.50. The molecule has 2 aliphatic rings. The summed E-state index contributed by atoms with van der Waals surface area (Å²) in [6, 6.07) is 0. The Morgan fingerprint density at radius 2 is 2.33 bits per heavy atom. The first-order valence-electron chi connectivity index (χ1n) is 3.28. The monoisotopic (exact) mass is 143 g/mol. The lowest BCUT2D eigenvalue weighted by atomic mass is 9.84. The summed E-state index contributed by atoms with van der Waals surface area (Å²) in [6.45, 7) is 0.913. The van der Waals surface area contributed by atoms with Gasteiger partial charge < -0.3 is 5.32 Å². The smallest absolute Gasteiger partial charge is 0.279 e. The molecule has 0 aromatic heterocycles. The minimum Gasteiger partial charge on any atom is -0.346 e. The minimum atomic E-state index is 0.176. The highest BCUT2D eigenvalue weighted by Crippen LogP contribution is 2.46. The third kappa shape index (κ3) is 0.748. The zero-order valence-electron chi connectivity index (χ0n) is 5.14. The quantitative estimate of drug-likeness (QED) is 0.555. The molecule has 2 fully saturated rings. The normalized spacial score (nSPS) is 30.0. The number of carbonyl (C=O) groups excluding carboxylic acids is 1. The fourth-order valence-corrected chi connectivity index (χ4v) is 2.53. The Labute approximate surface area is 58.4 Å².